The second kappa shape index (κ2) is 6.55. The first-order valence-corrected chi connectivity index (χ1v) is 8.23. The lowest BCUT2D eigenvalue weighted by Gasteiger charge is -2.31. The topological polar surface area (TPSA) is 83.9 Å². The van der Waals surface area contributed by atoms with Crippen LogP contribution in [-0.2, 0) is 26.2 Å². The molecule has 0 aliphatic carbocycles. The summed E-state index contributed by atoms with van der Waals surface area (Å²) in [5.74, 6) is -1.09. The van der Waals surface area contributed by atoms with E-state index in [0.29, 0.717) is 19.4 Å². The highest BCUT2D eigenvalue weighted by molar-refractivity contribution is 7.89. The molecule has 0 saturated carbocycles. The third-order valence-electron chi connectivity index (χ3n) is 3.55. The summed E-state index contributed by atoms with van der Waals surface area (Å²) in [6, 6.07) is 5.46. The molecule has 1 fully saturated rings. The molecule has 1 N–H and O–H groups in total. The minimum Gasteiger partial charge on any atom is -0.480 e. The summed E-state index contributed by atoms with van der Waals surface area (Å²) < 4.78 is 31.5. The molecule has 1 saturated heterocycles. The molecular weight excluding hydrogens is 294 g/mol. The van der Waals surface area contributed by atoms with Crippen molar-refractivity contribution < 1.29 is 23.1 Å². The number of benzene rings is 1. The van der Waals surface area contributed by atoms with E-state index in [9.17, 15) is 18.3 Å². The molecule has 0 radical (unpaired) electrons. The molecule has 21 heavy (non-hydrogen) atoms. The van der Waals surface area contributed by atoms with Crippen molar-refractivity contribution in [3.8, 4) is 0 Å². The SMILES string of the molecule is COCc1cccc(S(=O)(=O)N2CCCC[C@@H]2C(=O)O)c1. The smallest absolute Gasteiger partial charge is 0.322 e. The molecule has 1 aliphatic heterocycles. The van der Waals surface area contributed by atoms with Gasteiger partial charge in [0.15, 0.2) is 0 Å². The third-order valence-corrected chi connectivity index (χ3v) is 5.46. The number of carboxylic acids is 1. The summed E-state index contributed by atoms with van der Waals surface area (Å²) in [6.07, 6.45) is 1.76. The van der Waals surface area contributed by atoms with Crippen molar-refractivity contribution >= 4 is 16.0 Å². The van der Waals surface area contributed by atoms with Crippen molar-refractivity contribution in [2.45, 2.75) is 36.8 Å². The van der Waals surface area contributed by atoms with Crippen LogP contribution in [0.4, 0.5) is 0 Å². The standard InChI is InChI=1S/C14H19NO5S/c1-20-10-11-5-4-6-12(9-11)21(18,19)15-8-3-2-7-13(15)14(16)17/h4-6,9,13H,2-3,7-8,10H2,1H3,(H,16,17)/t13-/m1/s1. The van der Waals surface area contributed by atoms with E-state index in [1.807, 2.05) is 0 Å². The van der Waals surface area contributed by atoms with Gasteiger partial charge in [0.05, 0.1) is 11.5 Å². The van der Waals surface area contributed by atoms with E-state index in [1.54, 1.807) is 12.1 Å². The highest BCUT2D eigenvalue weighted by Gasteiger charge is 2.37. The number of nitrogens with zero attached hydrogens (tertiary/aromatic N) is 1. The molecule has 0 amide bonds. The fraction of sp³-hybridized carbons (Fsp3) is 0.500. The van der Waals surface area contributed by atoms with Gasteiger partial charge < -0.3 is 9.84 Å². The molecule has 7 heteroatoms. The van der Waals surface area contributed by atoms with E-state index in [0.717, 1.165) is 16.3 Å². The molecule has 6 nitrogen and oxygen atoms in total. The summed E-state index contributed by atoms with van der Waals surface area (Å²) in [5, 5.41) is 9.23. The maximum Gasteiger partial charge on any atom is 0.322 e. The van der Waals surface area contributed by atoms with Crippen LogP contribution in [-0.4, -0.2) is 43.5 Å². The van der Waals surface area contributed by atoms with Crippen LogP contribution in [0.2, 0.25) is 0 Å². The first-order chi connectivity index (χ1) is 9.96. The van der Waals surface area contributed by atoms with E-state index in [-0.39, 0.29) is 11.4 Å². The van der Waals surface area contributed by atoms with Gasteiger partial charge in [0.25, 0.3) is 0 Å². The summed E-state index contributed by atoms with van der Waals surface area (Å²) in [5.41, 5.74) is 0.738. The Hall–Kier alpha value is -1.44. The highest BCUT2D eigenvalue weighted by atomic mass is 32.2. The summed E-state index contributed by atoms with van der Waals surface area (Å²) in [7, 11) is -2.27. The van der Waals surface area contributed by atoms with Gasteiger partial charge in [-0.05, 0) is 37.0 Å². The molecule has 2 rings (SSSR count). The maximum absolute atomic E-state index is 12.7. The third kappa shape index (κ3) is 3.42. The Morgan fingerprint density at radius 2 is 2.19 bits per heavy atom. The lowest BCUT2D eigenvalue weighted by Crippen LogP contribution is -2.47. The Bertz CT molecular complexity index is 614. The zero-order valence-electron chi connectivity index (χ0n) is 11.9. The van der Waals surface area contributed by atoms with Crippen LogP contribution in [0, 0.1) is 0 Å². The minimum absolute atomic E-state index is 0.116. The van der Waals surface area contributed by atoms with Crippen LogP contribution >= 0.6 is 0 Å². The number of hydrogen-bond donors (Lipinski definition) is 1. The normalized spacial score (nSPS) is 20.3. The number of ether oxygens (including phenoxy) is 1. The second-order valence-electron chi connectivity index (χ2n) is 5.05. The Labute approximate surface area is 124 Å². The van der Waals surface area contributed by atoms with Crippen LogP contribution in [0.5, 0.6) is 0 Å². The van der Waals surface area contributed by atoms with Crippen molar-refractivity contribution in [3.63, 3.8) is 0 Å². The molecule has 0 unspecified atom stereocenters. The Kier molecular flexibility index (Phi) is 4.97. The molecule has 1 aliphatic rings. The number of piperidine rings is 1. The Morgan fingerprint density at radius 3 is 2.86 bits per heavy atom. The number of carboxylic acid groups (broad SMARTS) is 1. The fourth-order valence-electron chi connectivity index (χ4n) is 2.54. The molecule has 0 aromatic heterocycles. The summed E-state index contributed by atoms with van der Waals surface area (Å²) in [4.78, 5) is 11.4. The number of rotatable bonds is 5. The number of sulfonamides is 1. The van der Waals surface area contributed by atoms with Gasteiger partial charge in [-0.2, -0.15) is 4.31 Å². The minimum atomic E-state index is -3.80. The van der Waals surface area contributed by atoms with E-state index in [4.69, 9.17) is 4.74 Å². The molecule has 0 bridgehead atoms. The van der Waals surface area contributed by atoms with Crippen LogP contribution in [0.15, 0.2) is 29.2 Å². The Morgan fingerprint density at radius 1 is 1.43 bits per heavy atom. The van der Waals surface area contributed by atoms with Crippen LogP contribution in [0.25, 0.3) is 0 Å². The van der Waals surface area contributed by atoms with Crippen molar-refractivity contribution in [2.75, 3.05) is 13.7 Å². The van der Waals surface area contributed by atoms with Crippen molar-refractivity contribution in [1.29, 1.82) is 0 Å². The zero-order valence-corrected chi connectivity index (χ0v) is 12.7. The van der Waals surface area contributed by atoms with E-state index in [2.05, 4.69) is 0 Å². The average Bonchev–Trinajstić information content (AvgIpc) is 2.48. The molecule has 1 heterocycles. The second-order valence-corrected chi connectivity index (χ2v) is 6.94. The molecule has 116 valence electrons. The largest absolute Gasteiger partial charge is 0.480 e. The maximum atomic E-state index is 12.7. The van der Waals surface area contributed by atoms with Crippen LogP contribution in [0.1, 0.15) is 24.8 Å². The lowest BCUT2D eigenvalue weighted by molar-refractivity contribution is -0.142. The molecule has 1 aromatic carbocycles. The number of carbonyl (C=O) groups is 1. The Balaban J connectivity index is 2.35. The first-order valence-electron chi connectivity index (χ1n) is 6.79. The number of methoxy groups -OCH3 is 1. The average molecular weight is 313 g/mol. The summed E-state index contributed by atoms with van der Waals surface area (Å²) >= 11 is 0. The van der Waals surface area contributed by atoms with Gasteiger partial charge in [-0.1, -0.05) is 12.1 Å². The number of hydrogen-bond acceptors (Lipinski definition) is 4. The fourth-order valence-corrected chi connectivity index (χ4v) is 4.26. The molecule has 0 spiro atoms. The van der Waals surface area contributed by atoms with Crippen molar-refractivity contribution in [1.82, 2.24) is 4.31 Å². The monoisotopic (exact) mass is 313 g/mol. The highest BCUT2D eigenvalue weighted by Crippen LogP contribution is 2.26. The predicted molar refractivity (Wildman–Crippen MR) is 76.3 cm³/mol. The van der Waals surface area contributed by atoms with Crippen molar-refractivity contribution in [3.05, 3.63) is 29.8 Å². The predicted octanol–water partition coefficient (Wildman–Crippen LogP) is 1.46. The lowest BCUT2D eigenvalue weighted by atomic mass is 10.1. The van der Waals surface area contributed by atoms with Gasteiger partial charge >= 0.3 is 5.97 Å². The van der Waals surface area contributed by atoms with Gasteiger partial charge in [-0.15, -0.1) is 0 Å². The van der Waals surface area contributed by atoms with Gasteiger partial charge in [0, 0.05) is 13.7 Å². The molecule has 1 atom stereocenters. The van der Waals surface area contributed by atoms with Gasteiger partial charge in [0.2, 0.25) is 10.0 Å². The molecular formula is C14H19NO5S. The quantitative estimate of drug-likeness (QED) is 0.889. The number of aliphatic carboxylic acids is 1. The van der Waals surface area contributed by atoms with Gasteiger partial charge in [-0.25, -0.2) is 8.42 Å². The van der Waals surface area contributed by atoms with Gasteiger partial charge in [0.1, 0.15) is 6.04 Å². The van der Waals surface area contributed by atoms with Crippen LogP contribution < -0.4 is 0 Å². The van der Waals surface area contributed by atoms with E-state index in [1.165, 1.54) is 19.2 Å². The van der Waals surface area contributed by atoms with Crippen molar-refractivity contribution in [2.24, 2.45) is 0 Å². The zero-order chi connectivity index (χ0) is 15.5. The van der Waals surface area contributed by atoms with E-state index >= 15 is 0 Å². The van der Waals surface area contributed by atoms with Gasteiger partial charge in [-0.3, -0.25) is 4.79 Å². The van der Waals surface area contributed by atoms with E-state index < -0.39 is 22.0 Å². The molecule has 1 aromatic rings. The summed E-state index contributed by atoms with van der Waals surface area (Å²) in [6.45, 7) is 0.555. The first kappa shape index (κ1) is 15.9. The van der Waals surface area contributed by atoms with Crippen LogP contribution in [0.3, 0.4) is 0 Å².